The van der Waals surface area contributed by atoms with Crippen molar-refractivity contribution >= 4 is 0 Å². The lowest BCUT2D eigenvalue weighted by atomic mass is 9.83. The molecule has 0 aromatic heterocycles. The second-order valence-corrected chi connectivity index (χ2v) is 4.60. The largest absolute Gasteiger partial charge is 0.310 e. The highest BCUT2D eigenvalue weighted by atomic mass is 14.9. The van der Waals surface area contributed by atoms with E-state index in [1.807, 2.05) is 0 Å². The molecule has 0 radical (unpaired) electrons. The summed E-state index contributed by atoms with van der Waals surface area (Å²) in [7, 11) is 0. The fraction of sp³-hybridized carbons (Fsp3) is 0.900. The van der Waals surface area contributed by atoms with Crippen molar-refractivity contribution in [3.05, 3.63) is 11.4 Å². The van der Waals surface area contributed by atoms with Crippen LogP contribution in [0, 0.1) is 17.9 Å². The van der Waals surface area contributed by atoms with Gasteiger partial charge in [0.25, 0.3) is 0 Å². The van der Waals surface area contributed by atoms with Crippen LogP contribution in [0.3, 0.4) is 0 Å². The summed E-state index contributed by atoms with van der Waals surface area (Å²) in [5.74, 6) is 0.667. The highest BCUT2D eigenvalue weighted by Crippen LogP contribution is 2.59. The average molecular weight is 151 g/mol. The van der Waals surface area contributed by atoms with Crippen LogP contribution in [-0.4, -0.2) is 5.54 Å². The van der Waals surface area contributed by atoms with Crippen molar-refractivity contribution in [1.82, 2.24) is 0 Å². The number of rotatable bonds is 1. The summed E-state index contributed by atoms with van der Waals surface area (Å²) in [6.07, 6.45) is 2.29. The van der Waals surface area contributed by atoms with Crippen molar-refractivity contribution in [3.63, 3.8) is 0 Å². The summed E-state index contributed by atoms with van der Waals surface area (Å²) < 4.78 is 0. The van der Waals surface area contributed by atoms with Crippen molar-refractivity contribution in [2.24, 2.45) is 11.3 Å². The SMILES string of the molecule is [C-]#[N+][C@@]1(C(C)(C)C)C[C@@H]1CC. The van der Waals surface area contributed by atoms with Crippen LogP contribution in [0.1, 0.15) is 40.5 Å². The second kappa shape index (κ2) is 2.24. The Morgan fingerprint density at radius 3 is 2.18 bits per heavy atom. The van der Waals surface area contributed by atoms with E-state index in [9.17, 15) is 0 Å². The Morgan fingerprint density at radius 2 is 2.09 bits per heavy atom. The maximum atomic E-state index is 7.18. The van der Waals surface area contributed by atoms with Gasteiger partial charge in [0, 0.05) is 17.8 Å². The lowest BCUT2D eigenvalue weighted by Crippen LogP contribution is -2.27. The zero-order valence-corrected chi connectivity index (χ0v) is 7.94. The van der Waals surface area contributed by atoms with Gasteiger partial charge in [0.1, 0.15) is 0 Å². The third-order valence-electron chi connectivity index (χ3n) is 3.06. The van der Waals surface area contributed by atoms with Crippen molar-refractivity contribution in [1.29, 1.82) is 0 Å². The van der Waals surface area contributed by atoms with Gasteiger partial charge in [-0.3, -0.25) is 0 Å². The van der Waals surface area contributed by atoms with E-state index in [-0.39, 0.29) is 11.0 Å². The molecule has 0 aromatic carbocycles. The molecule has 0 spiro atoms. The smallest absolute Gasteiger partial charge is 0.240 e. The highest BCUT2D eigenvalue weighted by Gasteiger charge is 2.67. The molecule has 0 bridgehead atoms. The monoisotopic (exact) mass is 151 g/mol. The predicted octanol–water partition coefficient (Wildman–Crippen LogP) is 3.12. The molecule has 62 valence electrons. The molecule has 1 rings (SSSR count). The molecule has 0 heterocycles. The molecule has 2 atom stereocenters. The van der Waals surface area contributed by atoms with Crippen LogP contribution < -0.4 is 0 Å². The summed E-state index contributed by atoms with van der Waals surface area (Å²) in [5.41, 5.74) is 0.164. The fourth-order valence-electron chi connectivity index (χ4n) is 2.02. The minimum atomic E-state index is -0.0122. The van der Waals surface area contributed by atoms with E-state index in [0.717, 1.165) is 6.42 Å². The first-order valence-electron chi connectivity index (χ1n) is 4.36. The Hall–Kier alpha value is -0.510. The van der Waals surface area contributed by atoms with Crippen molar-refractivity contribution in [3.8, 4) is 0 Å². The predicted molar refractivity (Wildman–Crippen MR) is 47.2 cm³/mol. The first-order valence-corrected chi connectivity index (χ1v) is 4.36. The van der Waals surface area contributed by atoms with Crippen LogP contribution in [0.15, 0.2) is 0 Å². The maximum absolute atomic E-state index is 7.18. The Morgan fingerprint density at radius 1 is 1.55 bits per heavy atom. The summed E-state index contributed by atoms with van der Waals surface area (Å²) in [4.78, 5) is 3.81. The number of hydrogen-bond donors (Lipinski definition) is 0. The first kappa shape index (κ1) is 8.59. The van der Waals surface area contributed by atoms with Crippen molar-refractivity contribution in [2.75, 3.05) is 0 Å². The number of nitrogens with zero attached hydrogens (tertiary/aromatic N) is 1. The van der Waals surface area contributed by atoms with Crippen molar-refractivity contribution in [2.45, 2.75) is 46.1 Å². The van der Waals surface area contributed by atoms with Gasteiger partial charge in [0.2, 0.25) is 5.54 Å². The molecule has 0 unspecified atom stereocenters. The number of hydrogen-bond acceptors (Lipinski definition) is 0. The Bertz CT molecular complexity index is 194. The lowest BCUT2D eigenvalue weighted by Gasteiger charge is -2.21. The van der Waals surface area contributed by atoms with Gasteiger partial charge < -0.3 is 4.85 Å². The molecule has 0 amide bonds. The average Bonchev–Trinajstić information content (AvgIpc) is 2.60. The van der Waals surface area contributed by atoms with E-state index in [2.05, 4.69) is 32.5 Å². The molecule has 0 N–H and O–H groups in total. The zero-order valence-electron chi connectivity index (χ0n) is 7.94. The van der Waals surface area contributed by atoms with E-state index < -0.39 is 0 Å². The quantitative estimate of drug-likeness (QED) is 0.507. The van der Waals surface area contributed by atoms with Gasteiger partial charge in [-0.15, -0.1) is 0 Å². The van der Waals surface area contributed by atoms with E-state index in [0.29, 0.717) is 5.92 Å². The highest BCUT2D eigenvalue weighted by molar-refractivity contribution is 5.23. The van der Waals surface area contributed by atoms with E-state index in [1.54, 1.807) is 0 Å². The molecule has 11 heavy (non-hydrogen) atoms. The van der Waals surface area contributed by atoms with Crippen molar-refractivity contribution < 1.29 is 0 Å². The molecule has 1 aliphatic rings. The van der Waals surface area contributed by atoms with Crippen LogP contribution in [0.25, 0.3) is 4.85 Å². The summed E-state index contributed by atoms with van der Waals surface area (Å²) in [6.45, 7) is 15.9. The van der Waals surface area contributed by atoms with Crippen LogP contribution in [0.4, 0.5) is 0 Å². The molecule has 1 aliphatic carbocycles. The summed E-state index contributed by atoms with van der Waals surface area (Å²) in [6, 6.07) is 0. The van der Waals surface area contributed by atoms with Gasteiger partial charge in [-0.1, -0.05) is 27.7 Å². The molecule has 1 fully saturated rings. The summed E-state index contributed by atoms with van der Waals surface area (Å²) >= 11 is 0. The molecular formula is C10H17N. The Labute approximate surface area is 69.6 Å². The van der Waals surface area contributed by atoms with Gasteiger partial charge in [-0.05, 0) is 6.42 Å². The first-order chi connectivity index (χ1) is 4.98. The van der Waals surface area contributed by atoms with Crippen LogP contribution in [-0.2, 0) is 0 Å². The minimum Gasteiger partial charge on any atom is -0.310 e. The van der Waals surface area contributed by atoms with Crippen LogP contribution in [0.5, 0.6) is 0 Å². The standard InChI is InChI=1S/C10H17N/c1-6-8-7-10(8,11-5)9(2,3)4/h8H,6-7H2,1-4H3/t8-,10-/m0/s1. The van der Waals surface area contributed by atoms with Crippen LogP contribution >= 0.6 is 0 Å². The zero-order chi connectivity index (χ0) is 8.70. The Balaban J connectivity index is 2.77. The molecular weight excluding hydrogens is 134 g/mol. The van der Waals surface area contributed by atoms with Gasteiger partial charge in [0.05, 0.1) is 0 Å². The molecule has 0 aromatic rings. The third-order valence-corrected chi connectivity index (χ3v) is 3.06. The van der Waals surface area contributed by atoms with Gasteiger partial charge in [-0.25, -0.2) is 6.57 Å². The molecule has 0 saturated heterocycles. The molecule has 0 aliphatic heterocycles. The lowest BCUT2D eigenvalue weighted by molar-refractivity contribution is 0.318. The third kappa shape index (κ3) is 1.05. The van der Waals surface area contributed by atoms with E-state index in [4.69, 9.17) is 6.57 Å². The van der Waals surface area contributed by atoms with Gasteiger partial charge in [-0.2, -0.15) is 0 Å². The van der Waals surface area contributed by atoms with Crippen LogP contribution in [0.2, 0.25) is 0 Å². The van der Waals surface area contributed by atoms with Gasteiger partial charge >= 0.3 is 0 Å². The van der Waals surface area contributed by atoms with E-state index in [1.165, 1.54) is 6.42 Å². The second-order valence-electron chi connectivity index (χ2n) is 4.60. The normalized spacial score (nSPS) is 36.5. The molecule has 1 saturated carbocycles. The Kier molecular flexibility index (Phi) is 1.75. The van der Waals surface area contributed by atoms with Gasteiger partial charge in [0.15, 0.2) is 0 Å². The fourth-order valence-corrected chi connectivity index (χ4v) is 2.02. The van der Waals surface area contributed by atoms with E-state index >= 15 is 0 Å². The maximum Gasteiger partial charge on any atom is 0.240 e. The molecule has 1 nitrogen and oxygen atoms in total. The molecule has 1 heteroatoms. The topological polar surface area (TPSA) is 4.36 Å². The summed E-state index contributed by atoms with van der Waals surface area (Å²) in [5, 5.41) is 0. The minimum absolute atomic E-state index is 0.0122.